The second-order valence-electron chi connectivity index (χ2n) is 10.8. The van der Waals surface area contributed by atoms with Crippen LogP contribution in [-0.4, -0.2) is 72.6 Å². The van der Waals surface area contributed by atoms with Crippen molar-refractivity contribution in [2.45, 2.75) is 65.0 Å². The largest absolute Gasteiger partial charge is 0.481 e. The number of carbonyl (C=O) groups excluding carboxylic acids is 3. The van der Waals surface area contributed by atoms with Gasteiger partial charge >= 0.3 is 5.97 Å². The van der Waals surface area contributed by atoms with Crippen molar-refractivity contribution in [2.24, 2.45) is 17.8 Å². The molecule has 2 heterocycles. The number of nitrogens with one attached hydrogen (secondary N) is 3. The summed E-state index contributed by atoms with van der Waals surface area (Å²) in [5, 5.41) is 17.9. The maximum absolute atomic E-state index is 13.0. The lowest BCUT2D eigenvalue weighted by molar-refractivity contribution is -0.214. The van der Waals surface area contributed by atoms with E-state index in [4.69, 9.17) is 9.78 Å². The number of hydrogen-bond acceptors (Lipinski definition) is 7. The van der Waals surface area contributed by atoms with Gasteiger partial charge in [-0.2, -0.15) is 4.89 Å². The normalized spacial score (nSPS) is 18.8. The van der Waals surface area contributed by atoms with Gasteiger partial charge in [-0.1, -0.05) is 13.8 Å². The number of benzene rings is 1. The van der Waals surface area contributed by atoms with Gasteiger partial charge in [0.1, 0.15) is 6.17 Å². The molecule has 39 heavy (non-hydrogen) atoms. The zero-order valence-corrected chi connectivity index (χ0v) is 22.9. The van der Waals surface area contributed by atoms with Gasteiger partial charge in [0.15, 0.2) is 5.75 Å². The molecular weight excluding hydrogens is 504 g/mol. The number of carboxylic acids is 1. The maximum Gasteiger partial charge on any atom is 0.307 e. The van der Waals surface area contributed by atoms with Gasteiger partial charge < -0.3 is 30.8 Å². The lowest BCUT2D eigenvalue weighted by atomic mass is 9.92. The van der Waals surface area contributed by atoms with Crippen LogP contribution in [0.25, 0.3) is 0 Å². The molecule has 0 unspecified atom stereocenters. The summed E-state index contributed by atoms with van der Waals surface area (Å²) in [5.41, 5.74) is 0.277. The number of hydrogen-bond donors (Lipinski definition) is 4. The van der Waals surface area contributed by atoms with E-state index in [1.807, 2.05) is 13.8 Å². The summed E-state index contributed by atoms with van der Waals surface area (Å²) in [6.07, 6.45) is 3.22. The fourth-order valence-corrected chi connectivity index (χ4v) is 4.82. The summed E-state index contributed by atoms with van der Waals surface area (Å²) in [7, 11) is 0. The molecular formula is C28H42N4O7. The van der Waals surface area contributed by atoms with Gasteiger partial charge in [0.25, 0.3) is 5.91 Å². The van der Waals surface area contributed by atoms with Crippen LogP contribution >= 0.6 is 0 Å². The van der Waals surface area contributed by atoms with E-state index in [1.165, 1.54) is 12.1 Å². The van der Waals surface area contributed by atoms with Crippen molar-refractivity contribution in [1.82, 2.24) is 20.9 Å². The number of rotatable bonds is 13. The quantitative estimate of drug-likeness (QED) is 0.168. The molecule has 2 aliphatic heterocycles. The SMILES string of the molecule is CC(C)COOc1ccc(C(=O)N[C@@H](CC(=O)O)NC(=O)[C@@H]2CCCN(C(=O)CCC3CCNCC3)C2)cc1. The molecule has 2 aliphatic rings. The van der Waals surface area contributed by atoms with Gasteiger partial charge in [-0.15, -0.1) is 0 Å². The van der Waals surface area contributed by atoms with Crippen LogP contribution in [0.4, 0.5) is 0 Å². The molecule has 0 aromatic heterocycles. The van der Waals surface area contributed by atoms with E-state index in [9.17, 15) is 24.3 Å². The Balaban J connectivity index is 1.51. The lowest BCUT2D eigenvalue weighted by Crippen LogP contribution is -2.53. The van der Waals surface area contributed by atoms with Crippen LogP contribution < -0.4 is 20.8 Å². The number of nitrogens with zero attached hydrogens (tertiary/aromatic N) is 1. The van der Waals surface area contributed by atoms with Crippen LogP contribution in [0.2, 0.25) is 0 Å². The molecule has 0 bridgehead atoms. The van der Waals surface area contributed by atoms with Gasteiger partial charge in [-0.25, -0.2) is 0 Å². The van der Waals surface area contributed by atoms with E-state index in [2.05, 4.69) is 16.0 Å². The second kappa shape index (κ2) is 15.4. The number of piperidine rings is 2. The Morgan fingerprint density at radius 2 is 1.79 bits per heavy atom. The smallest absolute Gasteiger partial charge is 0.307 e. The van der Waals surface area contributed by atoms with Crippen molar-refractivity contribution in [1.29, 1.82) is 0 Å². The Bertz CT molecular complexity index is 963. The molecule has 2 atom stereocenters. The van der Waals surface area contributed by atoms with Crippen molar-refractivity contribution in [3.63, 3.8) is 0 Å². The Labute approximate surface area is 229 Å². The molecule has 1 aromatic rings. The third-order valence-corrected chi connectivity index (χ3v) is 7.04. The topological polar surface area (TPSA) is 146 Å². The predicted molar refractivity (Wildman–Crippen MR) is 144 cm³/mol. The first kappa shape index (κ1) is 30.4. The van der Waals surface area contributed by atoms with Crippen molar-refractivity contribution in [3.05, 3.63) is 29.8 Å². The highest BCUT2D eigenvalue weighted by Crippen LogP contribution is 2.22. The number of carbonyl (C=O) groups is 4. The molecule has 0 radical (unpaired) electrons. The first-order valence-electron chi connectivity index (χ1n) is 13.9. The monoisotopic (exact) mass is 546 g/mol. The zero-order valence-electron chi connectivity index (χ0n) is 22.9. The average Bonchev–Trinajstić information content (AvgIpc) is 2.92. The van der Waals surface area contributed by atoms with Gasteiger partial charge in [-0.3, -0.25) is 19.2 Å². The summed E-state index contributed by atoms with van der Waals surface area (Å²) >= 11 is 0. The summed E-state index contributed by atoms with van der Waals surface area (Å²) in [6, 6.07) is 6.19. The minimum absolute atomic E-state index is 0.0588. The Hall–Kier alpha value is -3.18. The summed E-state index contributed by atoms with van der Waals surface area (Å²) in [5.74, 6) is -1.18. The van der Waals surface area contributed by atoms with Gasteiger partial charge in [0.2, 0.25) is 11.8 Å². The summed E-state index contributed by atoms with van der Waals surface area (Å²) in [6.45, 7) is 7.30. The lowest BCUT2D eigenvalue weighted by Gasteiger charge is -2.33. The van der Waals surface area contributed by atoms with Gasteiger partial charge in [-0.05, 0) is 81.3 Å². The van der Waals surface area contributed by atoms with Crippen LogP contribution in [0.15, 0.2) is 24.3 Å². The van der Waals surface area contributed by atoms with Gasteiger partial charge in [0.05, 0.1) is 18.9 Å². The van der Waals surface area contributed by atoms with E-state index in [-0.39, 0.29) is 17.4 Å². The molecule has 2 fully saturated rings. The highest BCUT2D eigenvalue weighted by Gasteiger charge is 2.30. The Kier molecular flexibility index (Phi) is 12.0. The van der Waals surface area contributed by atoms with Crippen LogP contribution in [0, 0.1) is 17.8 Å². The Morgan fingerprint density at radius 1 is 1.08 bits per heavy atom. The number of amides is 3. The second-order valence-corrected chi connectivity index (χ2v) is 10.8. The molecule has 3 amide bonds. The molecule has 4 N–H and O–H groups in total. The van der Waals surface area contributed by atoms with Gasteiger partial charge in [0, 0.05) is 25.1 Å². The molecule has 0 spiro atoms. The molecule has 11 heteroatoms. The van der Waals surface area contributed by atoms with Crippen LogP contribution in [0.5, 0.6) is 5.75 Å². The van der Waals surface area contributed by atoms with Crippen LogP contribution in [0.3, 0.4) is 0 Å². The molecule has 0 aliphatic carbocycles. The molecule has 1 aromatic carbocycles. The number of likely N-dealkylation sites (tertiary alicyclic amines) is 1. The molecule has 0 saturated carbocycles. The maximum atomic E-state index is 13.0. The highest BCUT2D eigenvalue weighted by atomic mass is 17.2. The third-order valence-electron chi connectivity index (χ3n) is 7.04. The third kappa shape index (κ3) is 10.5. The summed E-state index contributed by atoms with van der Waals surface area (Å²) < 4.78 is 0. The number of carboxylic acid groups (broad SMARTS) is 1. The van der Waals surface area contributed by atoms with E-state index < -0.39 is 30.4 Å². The first-order valence-corrected chi connectivity index (χ1v) is 13.9. The predicted octanol–water partition coefficient (Wildman–Crippen LogP) is 2.32. The average molecular weight is 547 g/mol. The van der Waals surface area contributed by atoms with E-state index >= 15 is 0 Å². The minimum Gasteiger partial charge on any atom is -0.481 e. The van der Waals surface area contributed by atoms with E-state index in [0.717, 1.165) is 32.4 Å². The first-order chi connectivity index (χ1) is 18.7. The Morgan fingerprint density at radius 3 is 2.46 bits per heavy atom. The van der Waals surface area contributed by atoms with Crippen molar-refractivity contribution in [3.8, 4) is 5.75 Å². The van der Waals surface area contributed by atoms with Crippen molar-refractivity contribution >= 4 is 23.7 Å². The molecule has 11 nitrogen and oxygen atoms in total. The number of aliphatic carboxylic acids is 1. The highest BCUT2D eigenvalue weighted by molar-refractivity contribution is 5.95. The molecule has 216 valence electrons. The minimum atomic E-state index is -1.16. The fourth-order valence-electron chi connectivity index (χ4n) is 4.82. The summed E-state index contributed by atoms with van der Waals surface area (Å²) in [4.78, 5) is 62.1. The van der Waals surface area contributed by atoms with E-state index in [0.29, 0.717) is 56.5 Å². The van der Waals surface area contributed by atoms with Crippen LogP contribution in [0.1, 0.15) is 69.2 Å². The fraction of sp³-hybridized carbons (Fsp3) is 0.643. The van der Waals surface area contributed by atoms with Crippen molar-refractivity contribution < 1.29 is 34.1 Å². The van der Waals surface area contributed by atoms with Crippen molar-refractivity contribution in [2.75, 3.05) is 32.8 Å². The molecule has 2 saturated heterocycles. The standard InChI is InChI=1S/C28H42N4O7/c1-19(2)18-38-39-23-8-6-21(7-9-23)27(36)30-24(16-26(34)35)31-28(37)22-4-3-15-32(17-22)25(33)10-5-20-11-13-29-14-12-20/h6-9,19-20,22,24,29H,3-5,10-18H2,1-2H3,(H,30,36)(H,31,37)(H,34,35)/t22-,24-/m1/s1. The zero-order chi connectivity index (χ0) is 28.2. The molecule has 3 rings (SSSR count). The van der Waals surface area contributed by atoms with Crippen LogP contribution in [-0.2, 0) is 19.3 Å². The van der Waals surface area contributed by atoms with E-state index in [1.54, 1.807) is 17.0 Å².